The number of nitrogens with zero attached hydrogens (tertiary/aromatic N) is 2. The third-order valence-electron chi connectivity index (χ3n) is 4.51. The highest BCUT2D eigenvalue weighted by Crippen LogP contribution is 2.30. The highest BCUT2D eigenvalue weighted by Gasteiger charge is 2.23. The maximum atomic E-state index is 9.87. The average molecular weight is 262 g/mol. The van der Waals surface area contributed by atoms with E-state index in [1.54, 1.807) is 6.07 Å². The van der Waals surface area contributed by atoms with E-state index in [2.05, 4.69) is 23.9 Å². The number of aryl methyl sites for hydroxylation is 1. The molecule has 0 aliphatic heterocycles. The van der Waals surface area contributed by atoms with Crippen LogP contribution in [0, 0.1) is 12.8 Å². The summed E-state index contributed by atoms with van der Waals surface area (Å²) in [4.78, 5) is 6.80. The molecule has 106 valence electrons. The molecule has 3 nitrogen and oxygen atoms in total. The zero-order valence-electron chi connectivity index (χ0n) is 12.4. The smallest absolute Gasteiger partial charge is 0.138 e. The maximum absolute atomic E-state index is 9.87. The molecule has 1 aliphatic carbocycles. The molecule has 19 heavy (non-hydrogen) atoms. The fourth-order valence-electron chi connectivity index (χ4n) is 3.08. The van der Waals surface area contributed by atoms with Gasteiger partial charge in [0.15, 0.2) is 0 Å². The Labute approximate surface area is 116 Å². The Morgan fingerprint density at radius 3 is 2.58 bits per heavy atom. The van der Waals surface area contributed by atoms with E-state index in [-0.39, 0.29) is 0 Å². The molecule has 1 heterocycles. The lowest BCUT2D eigenvalue weighted by Gasteiger charge is -2.34. The molecule has 0 bridgehead atoms. The largest absolute Gasteiger partial charge is 0.506 e. The molecule has 0 atom stereocenters. The van der Waals surface area contributed by atoms with Crippen LogP contribution in [0.4, 0.5) is 0 Å². The second-order valence-electron chi connectivity index (χ2n) is 5.92. The van der Waals surface area contributed by atoms with E-state index in [0.29, 0.717) is 11.8 Å². The highest BCUT2D eigenvalue weighted by atomic mass is 16.3. The molecule has 0 spiro atoms. The Balaban J connectivity index is 1.94. The summed E-state index contributed by atoms with van der Waals surface area (Å²) in [5.74, 6) is 1.25. The van der Waals surface area contributed by atoms with Gasteiger partial charge in [-0.15, -0.1) is 0 Å². The van der Waals surface area contributed by atoms with Crippen molar-refractivity contribution in [2.45, 2.75) is 58.5 Å². The first-order valence-corrected chi connectivity index (χ1v) is 7.46. The fraction of sp³-hybridized carbons (Fsp3) is 0.688. The van der Waals surface area contributed by atoms with E-state index in [1.165, 1.54) is 32.1 Å². The number of hydrogen-bond acceptors (Lipinski definition) is 3. The monoisotopic (exact) mass is 262 g/mol. The van der Waals surface area contributed by atoms with Crippen molar-refractivity contribution in [2.24, 2.45) is 5.92 Å². The lowest BCUT2D eigenvalue weighted by Crippen LogP contribution is -2.34. The predicted molar refractivity (Wildman–Crippen MR) is 78.1 cm³/mol. The topological polar surface area (TPSA) is 36.4 Å². The molecule has 0 aromatic carbocycles. The number of aromatic nitrogens is 1. The van der Waals surface area contributed by atoms with E-state index in [1.807, 2.05) is 13.0 Å². The van der Waals surface area contributed by atoms with Gasteiger partial charge < -0.3 is 5.11 Å². The van der Waals surface area contributed by atoms with Gasteiger partial charge in [0.1, 0.15) is 5.75 Å². The first kappa shape index (κ1) is 14.3. The highest BCUT2D eigenvalue weighted by molar-refractivity contribution is 5.27. The van der Waals surface area contributed by atoms with Crippen LogP contribution in [-0.2, 0) is 6.54 Å². The Hall–Kier alpha value is -1.09. The van der Waals surface area contributed by atoms with Gasteiger partial charge in [-0.3, -0.25) is 9.88 Å². The molecule has 1 aromatic rings. The van der Waals surface area contributed by atoms with E-state index < -0.39 is 0 Å². The molecule has 1 saturated carbocycles. The van der Waals surface area contributed by atoms with Gasteiger partial charge >= 0.3 is 0 Å². The van der Waals surface area contributed by atoms with Gasteiger partial charge in [-0.25, -0.2) is 0 Å². The van der Waals surface area contributed by atoms with Gasteiger partial charge in [-0.05, 0) is 57.7 Å². The first-order valence-electron chi connectivity index (χ1n) is 7.46. The van der Waals surface area contributed by atoms with E-state index in [9.17, 15) is 5.11 Å². The third-order valence-corrected chi connectivity index (χ3v) is 4.51. The minimum absolute atomic E-state index is 0.319. The molecular formula is C16H26N2O. The molecule has 1 aliphatic rings. The summed E-state index contributed by atoms with van der Waals surface area (Å²) in [6.07, 6.45) is 6.57. The van der Waals surface area contributed by atoms with Crippen molar-refractivity contribution in [2.75, 3.05) is 7.05 Å². The van der Waals surface area contributed by atoms with Crippen LogP contribution in [0.1, 0.15) is 50.4 Å². The Morgan fingerprint density at radius 2 is 1.95 bits per heavy atom. The first-order chi connectivity index (χ1) is 9.10. The van der Waals surface area contributed by atoms with Crippen molar-refractivity contribution >= 4 is 0 Å². The van der Waals surface area contributed by atoms with Crippen molar-refractivity contribution in [3.05, 3.63) is 23.5 Å². The van der Waals surface area contributed by atoms with Gasteiger partial charge in [-0.1, -0.05) is 13.3 Å². The SMILES string of the molecule is CCC1CCC(N(C)Cc2nc(C)ccc2O)CC1. The Kier molecular flexibility index (Phi) is 4.81. The zero-order valence-corrected chi connectivity index (χ0v) is 12.4. The minimum Gasteiger partial charge on any atom is -0.506 e. The van der Waals surface area contributed by atoms with Crippen LogP contribution in [0.5, 0.6) is 5.75 Å². The van der Waals surface area contributed by atoms with Crippen molar-refractivity contribution < 1.29 is 5.11 Å². The summed E-state index contributed by atoms with van der Waals surface area (Å²) in [7, 11) is 2.15. The van der Waals surface area contributed by atoms with Gasteiger partial charge in [0.25, 0.3) is 0 Å². The normalized spacial score (nSPS) is 23.8. The summed E-state index contributed by atoms with van der Waals surface area (Å²) < 4.78 is 0. The summed E-state index contributed by atoms with van der Waals surface area (Å²) in [6, 6.07) is 4.25. The van der Waals surface area contributed by atoms with E-state index in [0.717, 1.165) is 23.9 Å². The van der Waals surface area contributed by atoms with Crippen molar-refractivity contribution in [1.82, 2.24) is 9.88 Å². The van der Waals surface area contributed by atoms with E-state index in [4.69, 9.17) is 0 Å². The van der Waals surface area contributed by atoms with Crippen LogP contribution in [0.2, 0.25) is 0 Å². The molecule has 1 aromatic heterocycles. The lowest BCUT2D eigenvalue weighted by molar-refractivity contribution is 0.155. The van der Waals surface area contributed by atoms with E-state index >= 15 is 0 Å². The van der Waals surface area contributed by atoms with Crippen molar-refractivity contribution in [3.8, 4) is 5.75 Å². The van der Waals surface area contributed by atoms with Crippen LogP contribution in [0.3, 0.4) is 0 Å². The number of pyridine rings is 1. The summed E-state index contributed by atoms with van der Waals surface area (Å²) in [5.41, 5.74) is 1.77. The number of hydrogen-bond donors (Lipinski definition) is 1. The Bertz CT molecular complexity index is 411. The summed E-state index contributed by atoms with van der Waals surface area (Å²) in [5, 5.41) is 9.87. The van der Waals surface area contributed by atoms with Crippen LogP contribution < -0.4 is 0 Å². The average Bonchev–Trinajstić information content (AvgIpc) is 2.43. The molecule has 1 fully saturated rings. The van der Waals surface area contributed by atoms with Crippen molar-refractivity contribution in [1.29, 1.82) is 0 Å². The zero-order chi connectivity index (χ0) is 13.8. The molecule has 0 saturated heterocycles. The predicted octanol–water partition coefficient (Wildman–Crippen LogP) is 3.50. The van der Waals surface area contributed by atoms with Crippen molar-refractivity contribution in [3.63, 3.8) is 0 Å². The van der Waals surface area contributed by atoms with Gasteiger partial charge in [-0.2, -0.15) is 0 Å². The second kappa shape index (κ2) is 6.38. The summed E-state index contributed by atoms with van der Waals surface area (Å²) in [6.45, 7) is 5.01. The van der Waals surface area contributed by atoms with Crippen LogP contribution in [-0.4, -0.2) is 28.1 Å². The molecule has 0 amide bonds. The molecular weight excluding hydrogens is 236 g/mol. The van der Waals surface area contributed by atoms with Crippen LogP contribution in [0.15, 0.2) is 12.1 Å². The minimum atomic E-state index is 0.319. The van der Waals surface area contributed by atoms with Crippen LogP contribution in [0.25, 0.3) is 0 Å². The molecule has 3 heteroatoms. The van der Waals surface area contributed by atoms with Gasteiger partial charge in [0.05, 0.1) is 5.69 Å². The molecule has 0 radical (unpaired) electrons. The van der Waals surface area contributed by atoms with Gasteiger partial charge in [0.2, 0.25) is 0 Å². The number of rotatable bonds is 4. The quantitative estimate of drug-likeness (QED) is 0.902. The summed E-state index contributed by atoms with van der Waals surface area (Å²) >= 11 is 0. The molecule has 0 unspecified atom stereocenters. The fourth-order valence-corrected chi connectivity index (χ4v) is 3.08. The maximum Gasteiger partial charge on any atom is 0.138 e. The Morgan fingerprint density at radius 1 is 1.26 bits per heavy atom. The molecule has 2 rings (SSSR count). The second-order valence-corrected chi connectivity index (χ2v) is 5.92. The third kappa shape index (κ3) is 3.69. The molecule has 1 N–H and O–H groups in total. The van der Waals surface area contributed by atoms with Crippen LogP contribution >= 0.6 is 0 Å². The van der Waals surface area contributed by atoms with Gasteiger partial charge in [0, 0.05) is 18.3 Å². The standard InChI is InChI=1S/C16H26N2O/c1-4-13-6-8-14(9-7-13)18(3)11-15-16(19)10-5-12(2)17-15/h5,10,13-14,19H,4,6-9,11H2,1-3H3. The number of aromatic hydroxyl groups is 1. The lowest BCUT2D eigenvalue weighted by atomic mass is 9.84.